The fourth-order valence-corrected chi connectivity index (χ4v) is 9.76. The van der Waals surface area contributed by atoms with Gasteiger partial charge in [0.05, 0.1) is 0 Å². The van der Waals surface area contributed by atoms with Gasteiger partial charge in [-0.1, -0.05) is 292 Å². The highest BCUT2D eigenvalue weighted by atomic mass is 16.6. The van der Waals surface area contributed by atoms with E-state index in [4.69, 9.17) is 14.2 Å². The Balaban J connectivity index is 4.37. The summed E-state index contributed by atoms with van der Waals surface area (Å²) in [6, 6.07) is 0. The highest BCUT2D eigenvalue weighted by Crippen LogP contribution is 2.17. The third kappa shape index (κ3) is 65.3. The molecule has 0 aliphatic heterocycles. The molecule has 0 amide bonds. The number of unbranched alkanes of at least 4 members (excludes halogenated alkanes) is 37. The molecule has 0 aromatic heterocycles. The second kappa shape index (κ2) is 67.1. The number of hydrogen-bond acceptors (Lipinski definition) is 6. The van der Waals surface area contributed by atoms with E-state index < -0.39 is 6.10 Å². The topological polar surface area (TPSA) is 78.9 Å². The van der Waals surface area contributed by atoms with Gasteiger partial charge in [-0.3, -0.25) is 14.4 Å². The molecule has 0 aliphatic rings. The third-order valence-corrected chi connectivity index (χ3v) is 14.9. The molecule has 0 spiro atoms. The van der Waals surface area contributed by atoms with Gasteiger partial charge in [0.2, 0.25) is 0 Å². The number of hydrogen-bond donors (Lipinski definition) is 0. The van der Waals surface area contributed by atoms with Crippen LogP contribution in [0.15, 0.2) is 85.1 Å². The lowest BCUT2D eigenvalue weighted by Crippen LogP contribution is -2.30. The van der Waals surface area contributed by atoms with Crippen LogP contribution in [0, 0.1) is 0 Å². The van der Waals surface area contributed by atoms with Gasteiger partial charge in [0.15, 0.2) is 6.10 Å². The van der Waals surface area contributed by atoms with E-state index in [1.165, 1.54) is 205 Å². The van der Waals surface area contributed by atoms with Gasteiger partial charge >= 0.3 is 17.9 Å². The normalized spacial score (nSPS) is 12.6. The van der Waals surface area contributed by atoms with Gasteiger partial charge in [0.25, 0.3) is 0 Å². The summed E-state index contributed by atoms with van der Waals surface area (Å²) in [5.41, 5.74) is 0. The Hall–Kier alpha value is -3.41. The molecule has 0 heterocycles. The van der Waals surface area contributed by atoms with Crippen LogP contribution in [0.3, 0.4) is 0 Å². The van der Waals surface area contributed by atoms with Crippen LogP contribution in [0.4, 0.5) is 0 Å². The summed E-state index contributed by atoms with van der Waals surface area (Å²) in [5.74, 6) is -0.878. The number of carbonyl (C=O) groups is 3. The number of ether oxygens (including phenoxy) is 3. The van der Waals surface area contributed by atoms with E-state index in [9.17, 15) is 14.4 Å². The maximum absolute atomic E-state index is 13.0. The van der Waals surface area contributed by atoms with Crippen LogP contribution in [-0.4, -0.2) is 37.2 Å². The molecular weight excluding hydrogens is 973 g/mol. The first-order valence-corrected chi connectivity index (χ1v) is 34.1. The zero-order valence-corrected chi connectivity index (χ0v) is 52.4. The molecule has 0 aromatic rings. The zero-order valence-electron chi connectivity index (χ0n) is 52.4. The molecule has 6 heteroatoms. The van der Waals surface area contributed by atoms with Crippen LogP contribution in [0.25, 0.3) is 0 Å². The molecule has 0 bridgehead atoms. The lowest BCUT2D eigenvalue weighted by Gasteiger charge is -2.18. The highest BCUT2D eigenvalue weighted by molar-refractivity contribution is 5.71. The van der Waals surface area contributed by atoms with Gasteiger partial charge in [-0.2, -0.15) is 0 Å². The molecule has 0 saturated carbocycles. The van der Waals surface area contributed by atoms with Crippen molar-refractivity contribution in [2.45, 2.75) is 348 Å². The fraction of sp³-hybridized carbons (Fsp3) is 0.767. The molecule has 6 nitrogen and oxygen atoms in total. The van der Waals surface area contributed by atoms with Crippen LogP contribution in [0.1, 0.15) is 342 Å². The van der Waals surface area contributed by atoms with Gasteiger partial charge in [-0.15, -0.1) is 0 Å². The molecule has 0 radical (unpaired) electrons. The Labute approximate surface area is 490 Å². The fourth-order valence-electron chi connectivity index (χ4n) is 9.76. The lowest BCUT2D eigenvalue weighted by molar-refractivity contribution is -0.167. The molecule has 0 rings (SSSR count). The minimum Gasteiger partial charge on any atom is -0.462 e. The van der Waals surface area contributed by atoms with Crippen molar-refractivity contribution in [3.05, 3.63) is 85.1 Å². The maximum atomic E-state index is 13.0. The Bertz CT molecular complexity index is 1500. The van der Waals surface area contributed by atoms with E-state index in [1.807, 2.05) is 0 Å². The third-order valence-electron chi connectivity index (χ3n) is 14.9. The second-order valence-electron chi connectivity index (χ2n) is 22.7. The van der Waals surface area contributed by atoms with Crippen molar-refractivity contribution in [3.63, 3.8) is 0 Å². The molecular formula is C73H128O6. The van der Waals surface area contributed by atoms with Crippen molar-refractivity contribution in [1.29, 1.82) is 0 Å². The molecule has 0 aliphatic carbocycles. The summed E-state index contributed by atoms with van der Waals surface area (Å²) in [4.78, 5) is 38.4. The van der Waals surface area contributed by atoms with Crippen molar-refractivity contribution in [1.82, 2.24) is 0 Å². The van der Waals surface area contributed by atoms with E-state index in [-0.39, 0.29) is 31.1 Å². The van der Waals surface area contributed by atoms with E-state index in [1.54, 1.807) is 0 Å². The average molecular weight is 1100 g/mol. The SMILES string of the molecule is CC/C=C\C/C=C\C/C=C\C/C=C\CCCCCCCCCCCCC(=O)OCC(COC(=O)CCCCCCCCC/C=C\C/C=C\CCCCC)OC(=O)CCCCCCCCCCC/C=C\CCCCCCCCCC. The Morgan fingerprint density at radius 3 is 0.810 bits per heavy atom. The lowest BCUT2D eigenvalue weighted by atomic mass is 10.0. The molecule has 1 unspecified atom stereocenters. The van der Waals surface area contributed by atoms with Crippen molar-refractivity contribution >= 4 is 17.9 Å². The minimum absolute atomic E-state index is 0.0805. The number of esters is 3. The van der Waals surface area contributed by atoms with Gasteiger partial charge in [-0.05, 0) is 116 Å². The maximum Gasteiger partial charge on any atom is 0.306 e. The second-order valence-corrected chi connectivity index (χ2v) is 22.7. The Morgan fingerprint density at radius 2 is 0.494 bits per heavy atom. The predicted octanol–water partition coefficient (Wildman–Crippen LogP) is 23.4. The predicted molar refractivity (Wildman–Crippen MR) is 344 cm³/mol. The number of carbonyl (C=O) groups excluding carboxylic acids is 3. The largest absolute Gasteiger partial charge is 0.462 e. The summed E-state index contributed by atoms with van der Waals surface area (Å²) < 4.78 is 17.0. The molecule has 456 valence electrons. The smallest absolute Gasteiger partial charge is 0.306 e. The van der Waals surface area contributed by atoms with E-state index >= 15 is 0 Å². The first kappa shape index (κ1) is 75.6. The van der Waals surface area contributed by atoms with Gasteiger partial charge in [0, 0.05) is 19.3 Å². The summed E-state index contributed by atoms with van der Waals surface area (Å²) in [7, 11) is 0. The molecule has 79 heavy (non-hydrogen) atoms. The van der Waals surface area contributed by atoms with E-state index in [0.29, 0.717) is 19.3 Å². The number of allylic oxidation sites excluding steroid dienone is 14. The first-order valence-electron chi connectivity index (χ1n) is 34.1. The summed E-state index contributed by atoms with van der Waals surface area (Å²) in [5, 5.41) is 0. The van der Waals surface area contributed by atoms with Crippen molar-refractivity contribution < 1.29 is 28.6 Å². The highest BCUT2D eigenvalue weighted by Gasteiger charge is 2.19. The first-order chi connectivity index (χ1) is 39.0. The standard InChI is InChI=1S/C73H128O6/c1-4-7-10-13-16-19-22-25-28-31-33-35-36-38-39-42-45-48-51-54-57-60-63-66-72(75)78-69-70(68-77-71(74)65-62-59-56-53-50-47-44-41-30-27-24-21-18-15-12-9-6-3)79-73(76)67-64-61-58-55-52-49-46-43-40-37-34-32-29-26-23-20-17-14-11-8-5-2/h7,10,16,18-19,21,25,27-28,30,32-35,70H,4-6,8-9,11-15,17,20,22-24,26,29,31,36-69H2,1-3H3/b10-7-,19-16-,21-18-,28-25-,30-27-,34-32-,35-33-. The zero-order chi connectivity index (χ0) is 57.1. The van der Waals surface area contributed by atoms with Gasteiger partial charge in [0.1, 0.15) is 13.2 Å². The molecule has 0 saturated heterocycles. The van der Waals surface area contributed by atoms with E-state index in [2.05, 4.69) is 106 Å². The van der Waals surface area contributed by atoms with Crippen LogP contribution >= 0.6 is 0 Å². The van der Waals surface area contributed by atoms with Crippen LogP contribution in [-0.2, 0) is 28.6 Å². The summed E-state index contributed by atoms with van der Waals surface area (Å²) in [6.45, 7) is 6.54. The van der Waals surface area contributed by atoms with Gasteiger partial charge in [-0.25, -0.2) is 0 Å². The Kier molecular flexibility index (Phi) is 64.2. The molecule has 1 atom stereocenters. The summed E-state index contributed by atoms with van der Waals surface area (Å²) >= 11 is 0. The van der Waals surface area contributed by atoms with Crippen molar-refractivity contribution in [2.75, 3.05) is 13.2 Å². The quantitative estimate of drug-likeness (QED) is 0.0261. The summed E-state index contributed by atoms with van der Waals surface area (Å²) in [6.07, 6.45) is 88.7. The molecule has 0 N–H and O–H groups in total. The van der Waals surface area contributed by atoms with Crippen molar-refractivity contribution in [2.24, 2.45) is 0 Å². The number of rotatable bonds is 62. The van der Waals surface area contributed by atoms with Crippen LogP contribution < -0.4 is 0 Å². The van der Waals surface area contributed by atoms with Crippen LogP contribution in [0.2, 0.25) is 0 Å². The minimum atomic E-state index is -0.785. The molecule has 0 fully saturated rings. The van der Waals surface area contributed by atoms with Crippen LogP contribution in [0.5, 0.6) is 0 Å². The van der Waals surface area contributed by atoms with Crippen molar-refractivity contribution in [3.8, 4) is 0 Å². The van der Waals surface area contributed by atoms with Gasteiger partial charge < -0.3 is 14.2 Å². The average Bonchev–Trinajstić information content (AvgIpc) is 3.45. The molecule has 0 aromatic carbocycles. The Morgan fingerprint density at radius 1 is 0.266 bits per heavy atom. The monoisotopic (exact) mass is 1100 g/mol. The van der Waals surface area contributed by atoms with E-state index in [0.717, 1.165) is 96.3 Å².